The molecule has 3 rings (SSSR count). The van der Waals surface area contributed by atoms with Gasteiger partial charge in [-0.1, -0.05) is 15.9 Å². The summed E-state index contributed by atoms with van der Waals surface area (Å²) in [5.74, 6) is 0.980. The number of nitrogens with one attached hydrogen (secondary N) is 1. The molecule has 2 aromatic rings. The minimum absolute atomic E-state index is 0.322. The minimum Gasteiger partial charge on any atom is -0.493 e. The number of aryl methyl sites for hydroxylation is 1. The lowest BCUT2D eigenvalue weighted by molar-refractivity contribution is 0.251. The maximum absolute atomic E-state index is 5.68. The summed E-state index contributed by atoms with van der Waals surface area (Å²) >= 11 is 3.52. The molecule has 0 bridgehead atoms. The van der Waals surface area contributed by atoms with Crippen LogP contribution < -0.4 is 10.1 Å². The van der Waals surface area contributed by atoms with E-state index in [0.29, 0.717) is 6.04 Å². The summed E-state index contributed by atoms with van der Waals surface area (Å²) in [6.45, 7) is 1.53. The summed E-state index contributed by atoms with van der Waals surface area (Å²) < 4.78 is 8.59. The van der Waals surface area contributed by atoms with Crippen molar-refractivity contribution in [2.24, 2.45) is 7.05 Å². The molecule has 0 fully saturated rings. The molecule has 1 aromatic heterocycles. The second kappa shape index (κ2) is 5.35. The van der Waals surface area contributed by atoms with E-state index in [4.69, 9.17) is 4.74 Å². The Hall–Kier alpha value is -1.33. The van der Waals surface area contributed by atoms with Crippen molar-refractivity contribution in [1.82, 2.24) is 15.1 Å². The van der Waals surface area contributed by atoms with Gasteiger partial charge in [-0.05, 0) is 24.3 Å². The fourth-order valence-corrected chi connectivity index (χ4v) is 2.74. The zero-order valence-corrected chi connectivity index (χ0v) is 12.4. The largest absolute Gasteiger partial charge is 0.493 e. The van der Waals surface area contributed by atoms with E-state index in [9.17, 15) is 0 Å². The van der Waals surface area contributed by atoms with Crippen molar-refractivity contribution < 1.29 is 4.74 Å². The van der Waals surface area contributed by atoms with E-state index >= 15 is 0 Å². The molecule has 0 aliphatic carbocycles. The van der Waals surface area contributed by atoms with Crippen molar-refractivity contribution in [3.8, 4) is 5.75 Å². The zero-order valence-electron chi connectivity index (χ0n) is 10.8. The van der Waals surface area contributed by atoms with Crippen molar-refractivity contribution >= 4 is 15.9 Å². The number of fused-ring (bicyclic) bond motifs is 1. The highest BCUT2D eigenvalue weighted by atomic mass is 79.9. The summed E-state index contributed by atoms with van der Waals surface area (Å²) in [6.07, 6.45) is 2.95. The number of halogens is 1. The highest BCUT2D eigenvalue weighted by molar-refractivity contribution is 9.10. The van der Waals surface area contributed by atoms with Gasteiger partial charge >= 0.3 is 0 Å². The molecule has 0 spiro atoms. The monoisotopic (exact) mass is 321 g/mol. The van der Waals surface area contributed by atoms with E-state index < -0.39 is 0 Å². The van der Waals surface area contributed by atoms with Gasteiger partial charge in [-0.25, -0.2) is 0 Å². The lowest BCUT2D eigenvalue weighted by Crippen LogP contribution is -2.27. The van der Waals surface area contributed by atoms with Gasteiger partial charge < -0.3 is 10.1 Å². The van der Waals surface area contributed by atoms with Gasteiger partial charge in [-0.3, -0.25) is 4.68 Å². The third-order valence-electron chi connectivity index (χ3n) is 3.31. The van der Waals surface area contributed by atoms with E-state index in [1.807, 2.05) is 36.1 Å². The van der Waals surface area contributed by atoms with Crippen LogP contribution in [0.5, 0.6) is 5.75 Å². The number of nitrogens with zero attached hydrogens (tertiary/aromatic N) is 2. The average molecular weight is 322 g/mol. The van der Waals surface area contributed by atoms with Crippen molar-refractivity contribution in [3.05, 3.63) is 46.2 Å². The number of rotatable bonds is 3. The Kier molecular flexibility index (Phi) is 3.57. The van der Waals surface area contributed by atoms with E-state index in [2.05, 4.69) is 32.4 Å². The number of hydrogen-bond donors (Lipinski definition) is 1. The lowest BCUT2D eigenvalue weighted by atomic mass is 10.0. The molecule has 0 saturated heterocycles. The van der Waals surface area contributed by atoms with E-state index in [1.54, 1.807) is 0 Å². The van der Waals surface area contributed by atoms with Gasteiger partial charge in [0, 0.05) is 42.3 Å². The SMILES string of the molecule is Cn1ccc(CNC2CCOc3ccc(Br)cc32)n1. The van der Waals surface area contributed by atoms with Crippen LogP contribution in [-0.2, 0) is 13.6 Å². The molecule has 100 valence electrons. The molecule has 1 aliphatic rings. The normalized spacial score (nSPS) is 17.9. The molecule has 0 amide bonds. The number of ether oxygens (including phenoxy) is 1. The van der Waals surface area contributed by atoms with Crippen LogP contribution in [0.25, 0.3) is 0 Å². The van der Waals surface area contributed by atoms with Gasteiger partial charge in [-0.15, -0.1) is 0 Å². The molecule has 4 nitrogen and oxygen atoms in total. The van der Waals surface area contributed by atoms with Crippen LogP contribution in [0.2, 0.25) is 0 Å². The van der Waals surface area contributed by atoms with Crippen molar-refractivity contribution in [1.29, 1.82) is 0 Å². The fraction of sp³-hybridized carbons (Fsp3) is 0.357. The Bertz CT molecular complexity index is 582. The molecule has 5 heteroatoms. The standard InChI is InChI=1S/C14H16BrN3O/c1-18-6-4-11(17-18)9-16-13-5-7-19-14-3-2-10(15)8-12(13)14/h2-4,6,8,13,16H,5,7,9H2,1H3. The molecule has 19 heavy (non-hydrogen) atoms. The summed E-state index contributed by atoms with van der Waals surface area (Å²) in [7, 11) is 1.93. The second-order valence-electron chi connectivity index (χ2n) is 4.73. The van der Waals surface area contributed by atoms with Crippen LogP contribution in [0.1, 0.15) is 23.7 Å². The fourth-order valence-electron chi connectivity index (χ4n) is 2.36. The quantitative estimate of drug-likeness (QED) is 0.944. The van der Waals surface area contributed by atoms with Gasteiger partial charge in [0.05, 0.1) is 12.3 Å². The molecule has 1 atom stereocenters. The van der Waals surface area contributed by atoms with E-state index in [1.165, 1.54) is 5.56 Å². The van der Waals surface area contributed by atoms with Gasteiger partial charge in [-0.2, -0.15) is 5.10 Å². The van der Waals surface area contributed by atoms with Crippen molar-refractivity contribution in [2.75, 3.05) is 6.61 Å². The zero-order chi connectivity index (χ0) is 13.2. The molecular weight excluding hydrogens is 306 g/mol. The van der Waals surface area contributed by atoms with Gasteiger partial charge in [0.2, 0.25) is 0 Å². The smallest absolute Gasteiger partial charge is 0.124 e. The molecule has 1 unspecified atom stereocenters. The van der Waals surface area contributed by atoms with Crippen LogP contribution in [-0.4, -0.2) is 16.4 Å². The van der Waals surface area contributed by atoms with Crippen LogP contribution >= 0.6 is 15.9 Å². The second-order valence-corrected chi connectivity index (χ2v) is 5.65. The van der Waals surface area contributed by atoms with Gasteiger partial charge in [0.15, 0.2) is 0 Å². The molecular formula is C14H16BrN3O. The van der Waals surface area contributed by atoms with Crippen molar-refractivity contribution in [2.45, 2.75) is 19.0 Å². The van der Waals surface area contributed by atoms with E-state index in [0.717, 1.165) is 35.5 Å². The number of hydrogen-bond acceptors (Lipinski definition) is 3. The third kappa shape index (κ3) is 2.82. The Balaban J connectivity index is 1.74. The summed E-state index contributed by atoms with van der Waals surface area (Å²) in [5, 5.41) is 7.94. The summed E-state index contributed by atoms with van der Waals surface area (Å²) in [5.41, 5.74) is 2.28. The Morgan fingerprint density at radius 2 is 2.37 bits per heavy atom. The van der Waals surface area contributed by atoms with Gasteiger partial charge in [0.25, 0.3) is 0 Å². The Labute approximate surface area is 120 Å². The molecule has 1 aliphatic heterocycles. The highest BCUT2D eigenvalue weighted by Crippen LogP contribution is 2.34. The molecule has 0 saturated carbocycles. The van der Waals surface area contributed by atoms with Crippen LogP contribution in [0.3, 0.4) is 0 Å². The molecule has 0 radical (unpaired) electrons. The number of benzene rings is 1. The first kappa shape index (κ1) is 12.7. The van der Waals surface area contributed by atoms with Crippen LogP contribution in [0.4, 0.5) is 0 Å². The third-order valence-corrected chi connectivity index (χ3v) is 3.80. The van der Waals surface area contributed by atoms with Crippen molar-refractivity contribution in [3.63, 3.8) is 0 Å². The maximum Gasteiger partial charge on any atom is 0.124 e. The average Bonchev–Trinajstić information content (AvgIpc) is 2.82. The predicted octanol–water partition coefficient (Wildman–Crippen LogP) is 2.80. The maximum atomic E-state index is 5.68. The molecule has 1 aromatic carbocycles. The summed E-state index contributed by atoms with van der Waals surface area (Å²) in [6, 6.07) is 8.52. The first-order valence-corrected chi connectivity index (χ1v) is 7.16. The lowest BCUT2D eigenvalue weighted by Gasteiger charge is -2.26. The Morgan fingerprint density at radius 1 is 1.47 bits per heavy atom. The Morgan fingerprint density at radius 3 is 3.16 bits per heavy atom. The van der Waals surface area contributed by atoms with E-state index in [-0.39, 0.29) is 0 Å². The first-order chi connectivity index (χ1) is 9.22. The molecule has 1 N–H and O–H groups in total. The molecule has 2 heterocycles. The predicted molar refractivity (Wildman–Crippen MR) is 77.0 cm³/mol. The van der Waals surface area contributed by atoms with Crippen LogP contribution in [0, 0.1) is 0 Å². The van der Waals surface area contributed by atoms with Crippen LogP contribution in [0.15, 0.2) is 34.9 Å². The van der Waals surface area contributed by atoms with Gasteiger partial charge in [0.1, 0.15) is 5.75 Å². The highest BCUT2D eigenvalue weighted by Gasteiger charge is 2.21. The topological polar surface area (TPSA) is 39.1 Å². The number of aromatic nitrogens is 2. The minimum atomic E-state index is 0.322. The first-order valence-electron chi connectivity index (χ1n) is 6.36. The summed E-state index contributed by atoms with van der Waals surface area (Å²) in [4.78, 5) is 0.